The second kappa shape index (κ2) is 4.69. The van der Waals surface area contributed by atoms with Crippen LogP contribution >= 0.6 is 23.2 Å². The lowest BCUT2D eigenvalue weighted by molar-refractivity contribution is 0.257. The molecule has 0 spiro atoms. The molecule has 1 atom stereocenters. The molecule has 2 nitrogen and oxygen atoms in total. The Kier molecular flexibility index (Phi) is 3.49. The van der Waals surface area contributed by atoms with Gasteiger partial charge in [0.05, 0.1) is 10.7 Å². The van der Waals surface area contributed by atoms with Crippen molar-refractivity contribution < 1.29 is 0 Å². The third kappa shape index (κ3) is 2.63. The number of hydrogen-bond acceptors (Lipinski definition) is 2. The van der Waals surface area contributed by atoms with E-state index in [2.05, 4.69) is 16.8 Å². The van der Waals surface area contributed by atoms with Crippen LogP contribution in [0.2, 0.25) is 10.2 Å². The summed E-state index contributed by atoms with van der Waals surface area (Å²) in [6, 6.07) is 4.16. The summed E-state index contributed by atoms with van der Waals surface area (Å²) in [6.07, 6.45) is 2.53. The summed E-state index contributed by atoms with van der Waals surface area (Å²) >= 11 is 11.9. The molecule has 82 valence electrons. The number of likely N-dealkylation sites (tertiary alicyclic amines) is 1. The molecule has 0 N–H and O–H groups in total. The van der Waals surface area contributed by atoms with E-state index in [-0.39, 0.29) is 0 Å². The van der Waals surface area contributed by atoms with E-state index in [1.807, 2.05) is 6.07 Å². The van der Waals surface area contributed by atoms with Crippen LogP contribution in [-0.4, -0.2) is 22.5 Å². The predicted octanol–water partition coefficient (Wildman–Crippen LogP) is 3.37. The van der Waals surface area contributed by atoms with E-state index in [9.17, 15) is 0 Å². The van der Waals surface area contributed by atoms with Crippen molar-refractivity contribution in [2.75, 3.05) is 6.54 Å². The van der Waals surface area contributed by atoms with E-state index >= 15 is 0 Å². The van der Waals surface area contributed by atoms with Gasteiger partial charge in [-0.1, -0.05) is 23.2 Å². The van der Waals surface area contributed by atoms with Gasteiger partial charge in [-0.25, -0.2) is 4.98 Å². The van der Waals surface area contributed by atoms with Gasteiger partial charge in [-0.05, 0) is 38.4 Å². The summed E-state index contributed by atoms with van der Waals surface area (Å²) in [4.78, 5) is 6.66. The summed E-state index contributed by atoms with van der Waals surface area (Å²) in [7, 11) is 0. The van der Waals surface area contributed by atoms with Crippen LogP contribution in [0.25, 0.3) is 0 Å². The van der Waals surface area contributed by atoms with E-state index in [0.29, 0.717) is 16.2 Å². The van der Waals surface area contributed by atoms with Gasteiger partial charge >= 0.3 is 0 Å². The van der Waals surface area contributed by atoms with Crippen LogP contribution in [0, 0.1) is 0 Å². The molecule has 2 heterocycles. The number of pyridine rings is 1. The number of aromatic nitrogens is 1. The molecule has 4 heteroatoms. The molecule has 0 saturated carbocycles. The van der Waals surface area contributed by atoms with Crippen molar-refractivity contribution in [2.24, 2.45) is 0 Å². The fraction of sp³-hybridized carbons (Fsp3) is 0.545. The van der Waals surface area contributed by atoms with Crippen LogP contribution < -0.4 is 0 Å². The standard InChI is InChI=1S/C11H14Cl2N2/c1-8-3-2-6-15(8)7-10-9(12)4-5-11(13)14-10/h4-5,8H,2-3,6-7H2,1H3. The van der Waals surface area contributed by atoms with Crippen molar-refractivity contribution in [3.05, 3.63) is 28.0 Å². The van der Waals surface area contributed by atoms with Crippen molar-refractivity contribution in [1.82, 2.24) is 9.88 Å². The fourth-order valence-corrected chi connectivity index (χ4v) is 2.32. The van der Waals surface area contributed by atoms with Gasteiger partial charge in [0, 0.05) is 12.6 Å². The molecule has 1 aromatic rings. The quantitative estimate of drug-likeness (QED) is 0.742. The Hall–Kier alpha value is -0.310. The highest BCUT2D eigenvalue weighted by Gasteiger charge is 2.21. The highest BCUT2D eigenvalue weighted by atomic mass is 35.5. The summed E-state index contributed by atoms with van der Waals surface area (Å²) in [5.74, 6) is 0. The zero-order valence-electron chi connectivity index (χ0n) is 8.71. The molecule has 1 saturated heterocycles. The first-order chi connectivity index (χ1) is 7.16. The van der Waals surface area contributed by atoms with Crippen molar-refractivity contribution in [2.45, 2.75) is 32.4 Å². The Bertz CT molecular complexity index is 354. The molecule has 0 aliphatic carbocycles. The molecule has 0 amide bonds. The zero-order chi connectivity index (χ0) is 10.8. The van der Waals surface area contributed by atoms with Crippen molar-refractivity contribution >= 4 is 23.2 Å². The van der Waals surface area contributed by atoms with Gasteiger partial charge in [0.1, 0.15) is 5.15 Å². The van der Waals surface area contributed by atoms with Crippen LogP contribution in [-0.2, 0) is 6.54 Å². The molecule has 1 aliphatic heterocycles. The van der Waals surface area contributed by atoms with Crippen LogP contribution in [0.1, 0.15) is 25.5 Å². The monoisotopic (exact) mass is 244 g/mol. The predicted molar refractivity (Wildman–Crippen MR) is 63.4 cm³/mol. The first-order valence-corrected chi connectivity index (χ1v) is 5.97. The van der Waals surface area contributed by atoms with Crippen LogP contribution in [0.3, 0.4) is 0 Å². The Morgan fingerprint density at radius 3 is 2.93 bits per heavy atom. The van der Waals surface area contributed by atoms with Crippen LogP contribution in [0.4, 0.5) is 0 Å². The molecule has 15 heavy (non-hydrogen) atoms. The second-order valence-corrected chi connectivity index (χ2v) is 4.82. The minimum atomic E-state index is 0.515. The fourth-order valence-electron chi connectivity index (χ4n) is 1.99. The highest BCUT2D eigenvalue weighted by Crippen LogP contribution is 2.23. The lowest BCUT2D eigenvalue weighted by Gasteiger charge is -2.20. The SMILES string of the molecule is CC1CCCN1Cc1nc(Cl)ccc1Cl. The lowest BCUT2D eigenvalue weighted by Crippen LogP contribution is -2.26. The zero-order valence-corrected chi connectivity index (χ0v) is 10.2. The maximum Gasteiger partial charge on any atom is 0.129 e. The van der Waals surface area contributed by atoms with Crippen LogP contribution in [0.15, 0.2) is 12.1 Å². The minimum absolute atomic E-state index is 0.515. The largest absolute Gasteiger partial charge is 0.295 e. The first kappa shape index (κ1) is 11.2. The van der Waals surface area contributed by atoms with E-state index in [4.69, 9.17) is 23.2 Å². The maximum absolute atomic E-state index is 6.07. The van der Waals surface area contributed by atoms with Gasteiger partial charge in [-0.15, -0.1) is 0 Å². The number of rotatable bonds is 2. The molecule has 1 aromatic heterocycles. The molecule has 1 fully saturated rings. The van der Waals surface area contributed by atoms with Crippen molar-refractivity contribution in [3.8, 4) is 0 Å². The summed E-state index contributed by atoms with van der Waals surface area (Å²) in [5, 5.41) is 1.22. The van der Waals surface area contributed by atoms with Crippen LogP contribution in [0.5, 0.6) is 0 Å². The van der Waals surface area contributed by atoms with Gasteiger partial charge in [0.15, 0.2) is 0 Å². The average molecular weight is 245 g/mol. The first-order valence-electron chi connectivity index (χ1n) is 5.22. The number of nitrogens with zero attached hydrogens (tertiary/aromatic N) is 2. The van der Waals surface area contributed by atoms with Crippen molar-refractivity contribution in [1.29, 1.82) is 0 Å². The summed E-state index contributed by atoms with van der Waals surface area (Å²) in [5.41, 5.74) is 0.887. The maximum atomic E-state index is 6.07. The third-order valence-electron chi connectivity index (χ3n) is 2.93. The Labute approximate surface area is 100 Å². The molecule has 1 unspecified atom stereocenters. The molecular formula is C11H14Cl2N2. The Morgan fingerprint density at radius 1 is 1.47 bits per heavy atom. The van der Waals surface area contributed by atoms with Gasteiger partial charge < -0.3 is 0 Å². The molecular weight excluding hydrogens is 231 g/mol. The summed E-state index contributed by atoms with van der Waals surface area (Å²) in [6.45, 7) is 4.18. The van der Waals surface area contributed by atoms with E-state index in [1.165, 1.54) is 12.8 Å². The van der Waals surface area contributed by atoms with E-state index in [1.54, 1.807) is 6.07 Å². The van der Waals surface area contributed by atoms with E-state index in [0.717, 1.165) is 18.8 Å². The Balaban J connectivity index is 2.12. The van der Waals surface area contributed by atoms with Crippen molar-refractivity contribution in [3.63, 3.8) is 0 Å². The van der Waals surface area contributed by atoms with E-state index < -0.39 is 0 Å². The molecule has 2 rings (SSSR count). The lowest BCUT2D eigenvalue weighted by atomic mass is 10.2. The minimum Gasteiger partial charge on any atom is -0.295 e. The molecule has 0 aromatic carbocycles. The molecule has 0 radical (unpaired) electrons. The van der Waals surface area contributed by atoms with Gasteiger partial charge in [0.2, 0.25) is 0 Å². The topological polar surface area (TPSA) is 16.1 Å². The van der Waals surface area contributed by atoms with Gasteiger partial charge in [0.25, 0.3) is 0 Å². The molecule has 1 aliphatic rings. The molecule has 0 bridgehead atoms. The Morgan fingerprint density at radius 2 is 2.27 bits per heavy atom. The third-order valence-corrected chi connectivity index (χ3v) is 3.48. The average Bonchev–Trinajstić information content (AvgIpc) is 2.58. The second-order valence-electron chi connectivity index (χ2n) is 4.02. The normalized spacial score (nSPS) is 22.2. The number of hydrogen-bond donors (Lipinski definition) is 0. The summed E-state index contributed by atoms with van der Waals surface area (Å²) < 4.78 is 0. The highest BCUT2D eigenvalue weighted by molar-refractivity contribution is 6.32. The smallest absolute Gasteiger partial charge is 0.129 e. The van der Waals surface area contributed by atoms with Gasteiger partial charge in [-0.3, -0.25) is 4.90 Å². The van der Waals surface area contributed by atoms with Gasteiger partial charge in [-0.2, -0.15) is 0 Å². The number of halogens is 2.